The van der Waals surface area contributed by atoms with Gasteiger partial charge in [0.1, 0.15) is 11.6 Å². The Balaban J connectivity index is 1.25. The second kappa shape index (κ2) is 9.07. The first-order valence-electron chi connectivity index (χ1n) is 13.1. The van der Waals surface area contributed by atoms with Gasteiger partial charge in [0.05, 0.1) is 7.11 Å². The van der Waals surface area contributed by atoms with Gasteiger partial charge in [-0.15, -0.1) is 0 Å². The Morgan fingerprint density at radius 1 is 1.00 bits per heavy atom. The van der Waals surface area contributed by atoms with Crippen molar-refractivity contribution in [3.05, 3.63) is 98.8 Å². The van der Waals surface area contributed by atoms with Crippen LogP contribution in [0.15, 0.2) is 65.5 Å². The summed E-state index contributed by atoms with van der Waals surface area (Å²) in [7, 11) is 1.75. The van der Waals surface area contributed by atoms with Gasteiger partial charge < -0.3 is 14.6 Å². The molecule has 0 unspecified atom stereocenters. The summed E-state index contributed by atoms with van der Waals surface area (Å²) < 4.78 is 5.62. The molecule has 4 heteroatoms. The van der Waals surface area contributed by atoms with Gasteiger partial charge in [0.15, 0.2) is 0 Å². The number of methoxy groups -OCH3 is 1. The van der Waals surface area contributed by atoms with Gasteiger partial charge in [-0.3, -0.25) is 4.79 Å². The third-order valence-corrected chi connectivity index (χ3v) is 8.56. The molecule has 2 heterocycles. The number of pyridine rings is 1. The lowest BCUT2D eigenvalue weighted by atomic mass is 9.65. The SMILES string of the molecule is COc1ccccc1CC1=CCC2(CCN(c3cc4c(c(=O)[nH]3)CCCC4)CC2)c2ccccc21. The Bertz CT molecular complexity index is 1330. The van der Waals surface area contributed by atoms with Crippen molar-refractivity contribution in [3.8, 4) is 5.75 Å². The minimum absolute atomic E-state index is 0.129. The van der Waals surface area contributed by atoms with Crippen LogP contribution in [0.5, 0.6) is 5.75 Å². The standard InChI is InChI=1S/C31H34N2O2/c1-35-28-13-7-3-9-24(28)20-23-14-15-31(27-12-6-5-10-25(23)27)16-18-33(19-17-31)29-21-22-8-2-4-11-26(22)30(34)32-29/h3,5-7,9-10,12-14,21H,2,4,8,11,15-20H2,1H3,(H,32,34). The molecule has 180 valence electrons. The number of fused-ring (bicyclic) bond motifs is 3. The Morgan fingerprint density at radius 2 is 1.77 bits per heavy atom. The van der Waals surface area contributed by atoms with Crippen LogP contribution in [-0.2, 0) is 24.7 Å². The number of aryl methyl sites for hydroxylation is 1. The normalized spacial score (nSPS) is 18.5. The van der Waals surface area contributed by atoms with Crippen LogP contribution in [0.25, 0.3) is 5.57 Å². The van der Waals surface area contributed by atoms with E-state index in [-0.39, 0.29) is 11.0 Å². The molecule has 0 radical (unpaired) electrons. The van der Waals surface area contributed by atoms with Crippen LogP contribution in [-0.4, -0.2) is 25.2 Å². The molecule has 1 N–H and O–H groups in total. The number of ether oxygens (including phenoxy) is 1. The second-order valence-corrected chi connectivity index (χ2v) is 10.4. The number of piperidine rings is 1. The van der Waals surface area contributed by atoms with E-state index in [0.717, 1.165) is 75.2 Å². The highest BCUT2D eigenvalue weighted by molar-refractivity contribution is 5.74. The minimum atomic E-state index is 0.129. The van der Waals surface area contributed by atoms with Crippen molar-refractivity contribution >= 4 is 11.4 Å². The Labute approximate surface area is 207 Å². The first-order valence-corrected chi connectivity index (χ1v) is 13.1. The average molecular weight is 467 g/mol. The Hall–Kier alpha value is -3.27. The Kier molecular flexibility index (Phi) is 5.75. The summed E-state index contributed by atoms with van der Waals surface area (Å²) >= 11 is 0. The van der Waals surface area contributed by atoms with E-state index in [9.17, 15) is 4.79 Å². The molecule has 0 amide bonds. The molecule has 2 aliphatic carbocycles. The van der Waals surface area contributed by atoms with E-state index < -0.39 is 0 Å². The topological polar surface area (TPSA) is 45.3 Å². The third kappa shape index (κ3) is 3.99. The van der Waals surface area contributed by atoms with Gasteiger partial charge in [0.25, 0.3) is 5.56 Å². The monoisotopic (exact) mass is 466 g/mol. The van der Waals surface area contributed by atoms with E-state index in [1.807, 2.05) is 12.1 Å². The van der Waals surface area contributed by atoms with Gasteiger partial charge in [-0.25, -0.2) is 0 Å². The molecule has 0 bridgehead atoms. The van der Waals surface area contributed by atoms with Crippen molar-refractivity contribution in [3.63, 3.8) is 0 Å². The molecule has 35 heavy (non-hydrogen) atoms. The zero-order chi connectivity index (χ0) is 23.8. The Morgan fingerprint density at radius 3 is 2.63 bits per heavy atom. The van der Waals surface area contributed by atoms with Gasteiger partial charge >= 0.3 is 0 Å². The number of allylic oxidation sites excluding steroid dienone is 2. The summed E-state index contributed by atoms with van der Waals surface area (Å²) in [6.45, 7) is 1.94. The molecule has 1 fully saturated rings. The minimum Gasteiger partial charge on any atom is -0.496 e. The van der Waals surface area contributed by atoms with Crippen LogP contribution in [0.4, 0.5) is 5.82 Å². The lowest BCUT2D eigenvalue weighted by Crippen LogP contribution is -2.44. The molecule has 1 aliphatic heterocycles. The number of rotatable bonds is 4. The number of aromatic amines is 1. The molecule has 0 atom stereocenters. The predicted molar refractivity (Wildman–Crippen MR) is 143 cm³/mol. The van der Waals surface area contributed by atoms with Crippen LogP contribution in [0.1, 0.15) is 59.9 Å². The maximum absolute atomic E-state index is 12.7. The third-order valence-electron chi connectivity index (χ3n) is 8.56. The number of hydrogen-bond donors (Lipinski definition) is 1. The van der Waals surface area contributed by atoms with Crippen LogP contribution < -0.4 is 15.2 Å². The molecule has 0 saturated carbocycles. The van der Waals surface area contributed by atoms with Crippen LogP contribution >= 0.6 is 0 Å². The van der Waals surface area contributed by atoms with Crippen LogP contribution in [0.3, 0.4) is 0 Å². The van der Waals surface area contributed by atoms with Crippen molar-refractivity contribution in [1.29, 1.82) is 0 Å². The first kappa shape index (κ1) is 22.2. The van der Waals surface area contributed by atoms with E-state index in [0.29, 0.717) is 0 Å². The van der Waals surface area contributed by atoms with E-state index >= 15 is 0 Å². The molecule has 1 spiro atoms. The molecule has 2 aromatic carbocycles. The van der Waals surface area contributed by atoms with Gasteiger partial charge in [0.2, 0.25) is 0 Å². The van der Waals surface area contributed by atoms with Crippen molar-refractivity contribution in [2.45, 2.75) is 56.8 Å². The number of H-pyrrole nitrogens is 1. The number of anilines is 1. The molecule has 1 saturated heterocycles. The molecule has 6 rings (SSSR count). The van der Waals surface area contributed by atoms with Crippen molar-refractivity contribution in [1.82, 2.24) is 4.98 Å². The number of aromatic nitrogens is 1. The highest BCUT2D eigenvalue weighted by Crippen LogP contribution is 2.47. The summed E-state index contributed by atoms with van der Waals surface area (Å²) in [4.78, 5) is 18.3. The van der Waals surface area contributed by atoms with Crippen molar-refractivity contribution in [2.24, 2.45) is 0 Å². The maximum atomic E-state index is 12.7. The molecular weight excluding hydrogens is 432 g/mol. The molecule has 4 nitrogen and oxygen atoms in total. The fourth-order valence-electron chi connectivity index (χ4n) is 6.55. The summed E-state index contributed by atoms with van der Waals surface area (Å²) in [6.07, 6.45) is 10.9. The van der Waals surface area contributed by atoms with Gasteiger partial charge in [0, 0.05) is 30.5 Å². The second-order valence-electron chi connectivity index (χ2n) is 10.4. The molecule has 3 aromatic rings. The largest absolute Gasteiger partial charge is 0.496 e. The summed E-state index contributed by atoms with van der Waals surface area (Å²) in [5.41, 5.74) is 8.10. The van der Waals surface area contributed by atoms with E-state index in [2.05, 4.69) is 58.4 Å². The lowest BCUT2D eigenvalue weighted by molar-refractivity contribution is 0.329. The van der Waals surface area contributed by atoms with Gasteiger partial charge in [-0.05, 0) is 84.9 Å². The quantitative estimate of drug-likeness (QED) is 0.526. The fourth-order valence-corrected chi connectivity index (χ4v) is 6.55. The van der Waals surface area contributed by atoms with Crippen molar-refractivity contribution in [2.75, 3.05) is 25.1 Å². The summed E-state index contributed by atoms with van der Waals surface area (Å²) in [5.74, 6) is 1.97. The molecule has 3 aliphatic rings. The van der Waals surface area contributed by atoms with E-state index in [4.69, 9.17) is 4.74 Å². The lowest BCUT2D eigenvalue weighted by Gasteiger charge is -2.45. The number of benzene rings is 2. The number of hydrogen-bond acceptors (Lipinski definition) is 3. The zero-order valence-corrected chi connectivity index (χ0v) is 20.6. The maximum Gasteiger partial charge on any atom is 0.252 e. The number of para-hydroxylation sites is 1. The summed E-state index contributed by atoms with van der Waals surface area (Å²) in [6, 6.07) is 19.6. The fraction of sp³-hybridized carbons (Fsp3) is 0.387. The van der Waals surface area contributed by atoms with Crippen LogP contribution in [0, 0.1) is 0 Å². The molecule has 1 aromatic heterocycles. The van der Waals surface area contributed by atoms with Crippen LogP contribution in [0.2, 0.25) is 0 Å². The van der Waals surface area contributed by atoms with Gasteiger partial charge in [-0.2, -0.15) is 0 Å². The average Bonchev–Trinajstić information content (AvgIpc) is 2.91. The number of nitrogens with one attached hydrogen (secondary N) is 1. The number of nitrogens with zero attached hydrogens (tertiary/aromatic N) is 1. The van der Waals surface area contributed by atoms with Gasteiger partial charge in [-0.1, -0.05) is 48.5 Å². The summed E-state index contributed by atoms with van der Waals surface area (Å²) in [5, 5.41) is 0. The highest BCUT2D eigenvalue weighted by atomic mass is 16.5. The van der Waals surface area contributed by atoms with Crippen molar-refractivity contribution < 1.29 is 4.74 Å². The molecular formula is C31H34N2O2. The predicted octanol–water partition coefficient (Wildman–Crippen LogP) is 5.83. The smallest absolute Gasteiger partial charge is 0.252 e. The first-order chi connectivity index (χ1) is 17.2. The van der Waals surface area contributed by atoms with E-state index in [1.54, 1.807) is 7.11 Å². The highest BCUT2D eigenvalue weighted by Gasteiger charge is 2.39. The zero-order valence-electron chi connectivity index (χ0n) is 20.6. The van der Waals surface area contributed by atoms with E-state index in [1.165, 1.54) is 34.2 Å².